The first-order chi connectivity index (χ1) is 7.10. The van der Waals surface area contributed by atoms with Gasteiger partial charge in [-0.3, -0.25) is 9.59 Å². The summed E-state index contributed by atoms with van der Waals surface area (Å²) in [5.41, 5.74) is 0. The standard InChI is InChI=1S/C11H18O3S/c1-3-6-9(15-11(14)4-2)7-5-8-10(12)13/h4,9H,2-3,5-8H2,1H3,(H,12,13). The fourth-order valence-corrected chi connectivity index (χ4v) is 2.34. The summed E-state index contributed by atoms with van der Waals surface area (Å²) in [6.45, 7) is 5.48. The van der Waals surface area contributed by atoms with Gasteiger partial charge in [-0.25, -0.2) is 0 Å². The van der Waals surface area contributed by atoms with Crippen molar-refractivity contribution in [2.75, 3.05) is 0 Å². The first-order valence-electron chi connectivity index (χ1n) is 5.15. The Morgan fingerprint density at radius 2 is 2.13 bits per heavy atom. The fourth-order valence-electron chi connectivity index (χ4n) is 1.28. The Morgan fingerprint density at radius 3 is 2.60 bits per heavy atom. The van der Waals surface area contributed by atoms with Gasteiger partial charge in [0.25, 0.3) is 0 Å². The van der Waals surface area contributed by atoms with Crippen LogP contribution >= 0.6 is 11.8 Å². The summed E-state index contributed by atoms with van der Waals surface area (Å²) < 4.78 is 0. The van der Waals surface area contributed by atoms with E-state index in [-0.39, 0.29) is 16.8 Å². The van der Waals surface area contributed by atoms with E-state index in [1.807, 2.05) is 0 Å². The van der Waals surface area contributed by atoms with Gasteiger partial charge in [0.2, 0.25) is 5.12 Å². The molecule has 4 heteroatoms. The zero-order valence-electron chi connectivity index (χ0n) is 9.07. The van der Waals surface area contributed by atoms with Crippen LogP contribution in [0.5, 0.6) is 0 Å². The summed E-state index contributed by atoms with van der Waals surface area (Å²) in [6.07, 6.45) is 4.87. The molecule has 0 spiro atoms. The van der Waals surface area contributed by atoms with E-state index in [0.29, 0.717) is 6.42 Å². The van der Waals surface area contributed by atoms with Crippen LogP contribution in [-0.4, -0.2) is 21.4 Å². The molecule has 1 unspecified atom stereocenters. The van der Waals surface area contributed by atoms with Crippen LogP contribution in [0.15, 0.2) is 12.7 Å². The average Bonchev–Trinajstić information content (AvgIpc) is 2.17. The molecular formula is C11H18O3S. The quantitative estimate of drug-likeness (QED) is 0.651. The van der Waals surface area contributed by atoms with Crippen LogP contribution < -0.4 is 0 Å². The zero-order valence-corrected chi connectivity index (χ0v) is 9.89. The van der Waals surface area contributed by atoms with Gasteiger partial charge < -0.3 is 5.11 Å². The lowest BCUT2D eigenvalue weighted by Gasteiger charge is -2.12. The lowest BCUT2D eigenvalue weighted by Crippen LogP contribution is -2.07. The van der Waals surface area contributed by atoms with Gasteiger partial charge in [0.05, 0.1) is 0 Å². The molecule has 0 aromatic rings. The Kier molecular flexibility index (Phi) is 8.09. The summed E-state index contributed by atoms with van der Waals surface area (Å²) in [5, 5.41) is 8.71. The highest BCUT2D eigenvalue weighted by atomic mass is 32.2. The Bertz CT molecular complexity index is 226. The molecule has 0 aromatic heterocycles. The molecule has 0 saturated carbocycles. The zero-order chi connectivity index (χ0) is 11.7. The molecule has 86 valence electrons. The van der Waals surface area contributed by atoms with E-state index < -0.39 is 5.97 Å². The number of aliphatic carboxylic acids is 1. The van der Waals surface area contributed by atoms with E-state index in [0.717, 1.165) is 19.3 Å². The number of carboxylic acid groups (broad SMARTS) is 1. The molecule has 0 radical (unpaired) electrons. The Labute approximate surface area is 94.9 Å². The lowest BCUT2D eigenvalue weighted by atomic mass is 10.1. The SMILES string of the molecule is C=CC(=O)SC(CCC)CCCC(=O)O. The molecule has 1 N–H and O–H groups in total. The van der Waals surface area contributed by atoms with Gasteiger partial charge in [0.1, 0.15) is 0 Å². The first-order valence-corrected chi connectivity index (χ1v) is 6.03. The molecule has 3 nitrogen and oxygen atoms in total. The fraction of sp³-hybridized carbons (Fsp3) is 0.636. The highest BCUT2D eigenvalue weighted by Gasteiger charge is 2.12. The van der Waals surface area contributed by atoms with Crippen molar-refractivity contribution in [1.82, 2.24) is 0 Å². The number of carboxylic acids is 1. The summed E-state index contributed by atoms with van der Waals surface area (Å²) in [7, 11) is 0. The molecule has 0 aliphatic rings. The maximum absolute atomic E-state index is 11.1. The molecule has 0 saturated heterocycles. The molecule has 0 heterocycles. The molecule has 0 amide bonds. The highest BCUT2D eigenvalue weighted by Crippen LogP contribution is 2.23. The molecule has 15 heavy (non-hydrogen) atoms. The monoisotopic (exact) mass is 230 g/mol. The van der Waals surface area contributed by atoms with Gasteiger partial charge in [-0.15, -0.1) is 0 Å². The van der Waals surface area contributed by atoms with Crippen molar-refractivity contribution < 1.29 is 14.7 Å². The second-order valence-corrected chi connectivity index (χ2v) is 4.64. The number of thioether (sulfide) groups is 1. The smallest absolute Gasteiger partial charge is 0.303 e. The van der Waals surface area contributed by atoms with Crippen molar-refractivity contribution in [2.24, 2.45) is 0 Å². The molecule has 0 aliphatic carbocycles. The number of hydrogen-bond acceptors (Lipinski definition) is 3. The normalized spacial score (nSPS) is 12.1. The van der Waals surface area contributed by atoms with Crippen molar-refractivity contribution >= 4 is 22.8 Å². The van der Waals surface area contributed by atoms with Gasteiger partial charge in [-0.05, 0) is 25.3 Å². The van der Waals surface area contributed by atoms with E-state index in [1.54, 1.807) is 0 Å². The van der Waals surface area contributed by atoms with Crippen LogP contribution in [-0.2, 0) is 9.59 Å². The van der Waals surface area contributed by atoms with Crippen molar-refractivity contribution in [3.63, 3.8) is 0 Å². The summed E-state index contributed by atoms with van der Waals surface area (Å²) in [4.78, 5) is 21.4. The molecule has 1 atom stereocenters. The van der Waals surface area contributed by atoms with Crippen molar-refractivity contribution in [1.29, 1.82) is 0 Å². The Balaban J connectivity index is 3.86. The third-order valence-electron chi connectivity index (χ3n) is 1.98. The van der Waals surface area contributed by atoms with Gasteiger partial charge >= 0.3 is 5.97 Å². The van der Waals surface area contributed by atoms with E-state index >= 15 is 0 Å². The van der Waals surface area contributed by atoms with E-state index in [1.165, 1.54) is 17.8 Å². The minimum absolute atomic E-state index is 0.0243. The van der Waals surface area contributed by atoms with Crippen molar-refractivity contribution in [3.8, 4) is 0 Å². The Morgan fingerprint density at radius 1 is 1.47 bits per heavy atom. The van der Waals surface area contributed by atoms with Crippen LogP contribution in [0.1, 0.15) is 39.0 Å². The highest BCUT2D eigenvalue weighted by molar-refractivity contribution is 8.14. The average molecular weight is 230 g/mol. The molecule has 0 bridgehead atoms. The van der Waals surface area contributed by atoms with Gasteiger partial charge in [-0.1, -0.05) is 31.7 Å². The largest absolute Gasteiger partial charge is 0.481 e. The third kappa shape index (κ3) is 8.24. The van der Waals surface area contributed by atoms with Crippen molar-refractivity contribution in [3.05, 3.63) is 12.7 Å². The second-order valence-electron chi connectivity index (χ2n) is 3.34. The summed E-state index contributed by atoms with van der Waals surface area (Å²) in [6, 6.07) is 0. The molecular weight excluding hydrogens is 212 g/mol. The minimum atomic E-state index is -0.773. The van der Waals surface area contributed by atoms with Crippen LogP contribution in [0.2, 0.25) is 0 Å². The van der Waals surface area contributed by atoms with E-state index in [9.17, 15) is 9.59 Å². The van der Waals surface area contributed by atoms with Crippen LogP contribution in [0.4, 0.5) is 0 Å². The molecule has 0 fully saturated rings. The number of rotatable bonds is 8. The summed E-state index contributed by atoms with van der Waals surface area (Å²) >= 11 is 1.27. The third-order valence-corrected chi connectivity index (χ3v) is 3.18. The number of hydrogen-bond donors (Lipinski definition) is 1. The van der Waals surface area contributed by atoms with Gasteiger partial charge in [0.15, 0.2) is 0 Å². The molecule has 0 aliphatic heterocycles. The molecule has 0 rings (SSSR count). The van der Waals surface area contributed by atoms with Crippen LogP contribution in [0, 0.1) is 0 Å². The maximum Gasteiger partial charge on any atom is 0.303 e. The van der Waals surface area contributed by atoms with E-state index in [2.05, 4.69) is 13.5 Å². The van der Waals surface area contributed by atoms with Crippen LogP contribution in [0.25, 0.3) is 0 Å². The van der Waals surface area contributed by atoms with Gasteiger partial charge in [0, 0.05) is 11.7 Å². The van der Waals surface area contributed by atoms with Crippen LogP contribution in [0.3, 0.4) is 0 Å². The predicted molar refractivity (Wildman–Crippen MR) is 63.0 cm³/mol. The lowest BCUT2D eigenvalue weighted by molar-refractivity contribution is -0.137. The predicted octanol–water partition coefficient (Wildman–Crippen LogP) is 2.86. The minimum Gasteiger partial charge on any atom is -0.481 e. The van der Waals surface area contributed by atoms with Gasteiger partial charge in [-0.2, -0.15) is 0 Å². The topological polar surface area (TPSA) is 54.4 Å². The second kappa shape index (κ2) is 8.53. The number of carbonyl (C=O) groups is 2. The van der Waals surface area contributed by atoms with Crippen molar-refractivity contribution in [2.45, 2.75) is 44.3 Å². The molecule has 0 aromatic carbocycles. The maximum atomic E-state index is 11.1. The summed E-state index contributed by atoms with van der Waals surface area (Å²) in [5.74, 6) is -0.773. The number of carbonyl (C=O) groups excluding carboxylic acids is 1. The Hall–Kier alpha value is -0.770. The first kappa shape index (κ1) is 14.2. The van der Waals surface area contributed by atoms with E-state index in [4.69, 9.17) is 5.11 Å².